The van der Waals surface area contributed by atoms with Crippen LogP contribution in [-0.4, -0.2) is 50.8 Å². The smallest absolute Gasteiger partial charge is 0.408 e. The second-order valence-electron chi connectivity index (χ2n) is 12.3. The van der Waals surface area contributed by atoms with Crippen LogP contribution in [-0.2, 0) is 30.0 Å². The first-order valence-electron chi connectivity index (χ1n) is 14.3. The summed E-state index contributed by atoms with van der Waals surface area (Å²) in [6, 6.07) is 29.4. The SMILES string of the molecule is CC1(C)O[C@@H]2[C@H](O1)C(=O)C(CO[Si](c1ccccc1)(c1ccccc1)C(C)(C)C)=C[C@H]2NC(=O)OCc1ccccc1. The molecule has 0 spiro atoms. The fraction of sp³-hybridized carbons (Fsp3) is 0.353. The minimum absolute atomic E-state index is 0.0658. The molecule has 1 amide bonds. The summed E-state index contributed by atoms with van der Waals surface area (Å²) >= 11 is 0. The van der Waals surface area contributed by atoms with E-state index in [9.17, 15) is 9.59 Å². The Morgan fingerprint density at radius 3 is 1.95 bits per heavy atom. The number of carbonyl (C=O) groups is 2. The summed E-state index contributed by atoms with van der Waals surface area (Å²) in [7, 11) is -2.91. The molecule has 1 fully saturated rings. The standard InChI is InChI=1S/C34H39NO6Si/c1-33(2,3)42(26-17-11-7-12-18-26,27-19-13-8-14-20-27)39-23-25-21-28(30-31(29(25)36)41-34(4,5)40-30)35-32(37)38-22-24-15-9-6-10-16-24/h6-21,28,30-31H,22-23H2,1-5H3,(H,35,37)/t28-,30+,31-/m1/s1. The van der Waals surface area contributed by atoms with Gasteiger partial charge >= 0.3 is 6.09 Å². The van der Waals surface area contributed by atoms with Gasteiger partial charge in [0.1, 0.15) is 12.7 Å². The van der Waals surface area contributed by atoms with Gasteiger partial charge in [0.05, 0.1) is 12.6 Å². The van der Waals surface area contributed by atoms with E-state index in [2.05, 4.69) is 50.4 Å². The van der Waals surface area contributed by atoms with Crippen molar-refractivity contribution in [2.45, 2.75) is 70.3 Å². The highest BCUT2D eigenvalue weighted by Crippen LogP contribution is 2.39. The van der Waals surface area contributed by atoms with Crippen LogP contribution in [0.25, 0.3) is 0 Å². The molecule has 3 atom stereocenters. The van der Waals surface area contributed by atoms with Gasteiger partial charge in [0.15, 0.2) is 17.7 Å². The maximum absolute atomic E-state index is 13.8. The quantitative estimate of drug-likeness (QED) is 0.379. The minimum atomic E-state index is -2.91. The first kappa shape index (κ1) is 29.9. The van der Waals surface area contributed by atoms with E-state index in [0.29, 0.717) is 5.57 Å². The van der Waals surface area contributed by atoms with E-state index in [1.54, 1.807) is 19.9 Å². The molecule has 0 saturated carbocycles. The number of hydrogen-bond acceptors (Lipinski definition) is 6. The molecule has 1 aliphatic carbocycles. The number of fused-ring (bicyclic) bond motifs is 1. The maximum atomic E-state index is 13.8. The van der Waals surface area contributed by atoms with Gasteiger partial charge in [-0.1, -0.05) is 118 Å². The van der Waals surface area contributed by atoms with Crippen LogP contribution in [0.5, 0.6) is 0 Å². The molecule has 8 heteroatoms. The predicted molar refractivity (Wildman–Crippen MR) is 164 cm³/mol. The molecule has 7 nitrogen and oxygen atoms in total. The molecule has 3 aromatic rings. The van der Waals surface area contributed by atoms with E-state index in [-0.39, 0.29) is 24.0 Å². The number of benzene rings is 3. The molecule has 5 rings (SSSR count). The van der Waals surface area contributed by atoms with Crippen molar-refractivity contribution in [3.8, 4) is 0 Å². The molecule has 1 heterocycles. The molecule has 0 radical (unpaired) electrons. The second kappa shape index (κ2) is 12.0. The first-order chi connectivity index (χ1) is 20.0. The number of amides is 1. The molecule has 1 aliphatic heterocycles. The van der Waals surface area contributed by atoms with Gasteiger partial charge in [0.2, 0.25) is 0 Å². The molecule has 0 bridgehead atoms. The lowest BCUT2D eigenvalue weighted by Crippen LogP contribution is -2.67. The number of ketones is 1. The monoisotopic (exact) mass is 585 g/mol. The summed E-state index contributed by atoms with van der Waals surface area (Å²) in [6.07, 6.45) is -0.417. The first-order valence-corrected chi connectivity index (χ1v) is 16.2. The van der Waals surface area contributed by atoms with Crippen molar-refractivity contribution in [2.75, 3.05) is 6.61 Å². The lowest BCUT2D eigenvalue weighted by atomic mass is 9.90. The number of hydrogen-bond donors (Lipinski definition) is 1. The molecule has 2 aliphatic rings. The van der Waals surface area contributed by atoms with E-state index < -0.39 is 38.4 Å². The fourth-order valence-electron chi connectivity index (χ4n) is 5.92. The Labute approximate surface area is 249 Å². The second-order valence-corrected chi connectivity index (χ2v) is 16.6. The summed E-state index contributed by atoms with van der Waals surface area (Å²) in [5.74, 6) is -1.18. The highest BCUT2D eigenvalue weighted by Gasteiger charge is 2.54. The third kappa shape index (κ3) is 6.12. The molecule has 42 heavy (non-hydrogen) atoms. The van der Waals surface area contributed by atoms with Crippen molar-refractivity contribution in [1.29, 1.82) is 0 Å². The molecular formula is C34H39NO6Si. The Morgan fingerprint density at radius 2 is 1.40 bits per heavy atom. The molecule has 220 valence electrons. The summed E-state index contributed by atoms with van der Waals surface area (Å²) in [4.78, 5) is 26.7. The normalized spacial score (nSPS) is 21.8. The molecule has 0 unspecified atom stereocenters. The summed E-state index contributed by atoms with van der Waals surface area (Å²) in [5, 5.41) is 4.87. The highest BCUT2D eigenvalue weighted by atomic mass is 28.4. The van der Waals surface area contributed by atoms with Gasteiger partial charge in [-0.05, 0) is 34.8 Å². The third-order valence-corrected chi connectivity index (χ3v) is 12.8. The molecular weight excluding hydrogens is 546 g/mol. The summed E-state index contributed by atoms with van der Waals surface area (Å²) < 4.78 is 24.7. The van der Waals surface area contributed by atoms with E-state index in [0.717, 1.165) is 15.9 Å². The number of ether oxygens (including phenoxy) is 3. The fourth-order valence-corrected chi connectivity index (χ4v) is 10.4. The van der Waals surface area contributed by atoms with E-state index in [4.69, 9.17) is 18.6 Å². The zero-order valence-corrected chi connectivity index (χ0v) is 25.8. The average molecular weight is 586 g/mol. The highest BCUT2D eigenvalue weighted by molar-refractivity contribution is 6.99. The van der Waals surface area contributed by atoms with Crippen molar-refractivity contribution in [3.63, 3.8) is 0 Å². The number of alkyl carbamates (subject to hydrolysis) is 1. The summed E-state index contributed by atoms with van der Waals surface area (Å²) in [6.45, 7) is 10.3. The number of Topliss-reactive ketones (excluding diaryl/α,β-unsaturated/α-hetero) is 1. The lowest BCUT2D eigenvalue weighted by Gasteiger charge is -2.43. The predicted octanol–water partition coefficient (Wildman–Crippen LogP) is 4.89. The van der Waals surface area contributed by atoms with Crippen molar-refractivity contribution >= 4 is 30.6 Å². The molecule has 3 aromatic carbocycles. The van der Waals surface area contributed by atoms with Crippen LogP contribution in [0.2, 0.25) is 5.04 Å². The topological polar surface area (TPSA) is 83.1 Å². The lowest BCUT2D eigenvalue weighted by molar-refractivity contribution is -0.153. The van der Waals surface area contributed by atoms with Crippen LogP contribution in [0.1, 0.15) is 40.2 Å². The average Bonchev–Trinajstić information content (AvgIpc) is 3.31. The van der Waals surface area contributed by atoms with Gasteiger partial charge in [-0.3, -0.25) is 4.79 Å². The maximum Gasteiger partial charge on any atom is 0.408 e. The van der Waals surface area contributed by atoms with Gasteiger partial charge in [-0.25, -0.2) is 4.79 Å². The van der Waals surface area contributed by atoms with Crippen molar-refractivity contribution in [2.24, 2.45) is 0 Å². The van der Waals surface area contributed by atoms with Gasteiger partial charge in [0.25, 0.3) is 8.32 Å². The van der Waals surface area contributed by atoms with Gasteiger partial charge in [-0.15, -0.1) is 0 Å². The van der Waals surface area contributed by atoms with Crippen LogP contribution >= 0.6 is 0 Å². The van der Waals surface area contributed by atoms with Gasteiger partial charge in [-0.2, -0.15) is 0 Å². The van der Waals surface area contributed by atoms with Crippen LogP contribution in [0.3, 0.4) is 0 Å². The van der Waals surface area contributed by atoms with Gasteiger partial charge in [0, 0.05) is 5.57 Å². The van der Waals surface area contributed by atoms with Crippen LogP contribution < -0.4 is 15.7 Å². The van der Waals surface area contributed by atoms with Crippen LogP contribution in [0.4, 0.5) is 4.79 Å². The number of rotatable bonds is 8. The zero-order chi connectivity index (χ0) is 30.0. The molecule has 1 N–H and O–H groups in total. The Kier molecular flexibility index (Phi) is 8.53. The molecule has 1 saturated heterocycles. The van der Waals surface area contributed by atoms with Crippen molar-refractivity contribution in [1.82, 2.24) is 5.32 Å². The van der Waals surface area contributed by atoms with Crippen molar-refractivity contribution < 1.29 is 28.2 Å². The Morgan fingerprint density at radius 1 is 0.857 bits per heavy atom. The Bertz CT molecular complexity index is 1380. The Hall–Kier alpha value is -3.56. The van der Waals surface area contributed by atoms with E-state index in [1.165, 1.54) is 0 Å². The Balaban J connectivity index is 1.45. The number of carbonyl (C=O) groups excluding carboxylic acids is 2. The van der Waals surface area contributed by atoms with E-state index >= 15 is 0 Å². The zero-order valence-electron chi connectivity index (χ0n) is 24.8. The largest absolute Gasteiger partial charge is 0.445 e. The minimum Gasteiger partial charge on any atom is -0.445 e. The third-order valence-electron chi connectivity index (χ3n) is 7.80. The molecule has 0 aromatic heterocycles. The number of nitrogens with one attached hydrogen (secondary N) is 1. The van der Waals surface area contributed by atoms with E-state index in [1.807, 2.05) is 66.7 Å². The van der Waals surface area contributed by atoms with Gasteiger partial charge < -0.3 is 24.0 Å². The van der Waals surface area contributed by atoms with Crippen LogP contribution in [0.15, 0.2) is 103 Å². The van der Waals surface area contributed by atoms with Crippen molar-refractivity contribution in [3.05, 3.63) is 108 Å². The summed E-state index contributed by atoms with van der Waals surface area (Å²) in [5.41, 5.74) is 1.32. The van der Waals surface area contributed by atoms with Crippen LogP contribution in [0, 0.1) is 0 Å².